The van der Waals surface area contributed by atoms with Gasteiger partial charge in [0.05, 0.1) is 10.6 Å². The molecule has 9 heteroatoms. The smallest absolute Gasteiger partial charge is 0.315 e. The number of carbonyl (C=O) groups excluding carboxylic acids is 1. The Hall–Kier alpha value is -2.71. The van der Waals surface area contributed by atoms with Gasteiger partial charge < -0.3 is 9.84 Å². The van der Waals surface area contributed by atoms with Crippen LogP contribution in [0.3, 0.4) is 0 Å². The SMILES string of the molecule is Cc1ccc(S(=O)(=O)CCc2noc(C(=O)NCc3ccccc3Cl)n2)cc1. The largest absolute Gasteiger partial charge is 0.344 e. The topological polar surface area (TPSA) is 102 Å². The van der Waals surface area contributed by atoms with Crippen LogP contribution >= 0.6 is 11.6 Å². The number of halogens is 1. The summed E-state index contributed by atoms with van der Waals surface area (Å²) >= 11 is 6.04. The fourth-order valence-electron chi connectivity index (χ4n) is 2.43. The molecule has 2 aromatic carbocycles. The minimum atomic E-state index is -3.47. The molecule has 0 aliphatic carbocycles. The lowest BCUT2D eigenvalue weighted by Crippen LogP contribution is -2.23. The van der Waals surface area contributed by atoms with Crippen LogP contribution in [0.25, 0.3) is 0 Å². The van der Waals surface area contributed by atoms with Gasteiger partial charge in [0, 0.05) is 18.0 Å². The van der Waals surface area contributed by atoms with E-state index in [0.717, 1.165) is 11.1 Å². The van der Waals surface area contributed by atoms with E-state index in [4.69, 9.17) is 16.1 Å². The van der Waals surface area contributed by atoms with Crippen molar-refractivity contribution in [3.05, 3.63) is 76.4 Å². The molecular formula is C19H18ClN3O4S. The standard InChI is InChI=1S/C19H18ClN3O4S/c1-13-6-8-15(9-7-13)28(25,26)11-10-17-22-19(27-23-17)18(24)21-12-14-4-2-3-5-16(14)20/h2-9H,10-12H2,1H3,(H,21,24). The van der Waals surface area contributed by atoms with Crippen molar-refractivity contribution < 1.29 is 17.7 Å². The summed E-state index contributed by atoms with van der Waals surface area (Å²) in [5.74, 6) is -0.815. The summed E-state index contributed by atoms with van der Waals surface area (Å²) < 4.78 is 29.7. The highest BCUT2D eigenvalue weighted by molar-refractivity contribution is 7.91. The van der Waals surface area contributed by atoms with Crippen molar-refractivity contribution in [1.82, 2.24) is 15.5 Å². The number of hydrogen-bond donors (Lipinski definition) is 1. The number of rotatable bonds is 7. The van der Waals surface area contributed by atoms with Crippen LogP contribution in [0, 0.1) is 6.92 Å². The first-order chi connectivity index (χ1) is 13.3. The maximum absolute atomic E-state index is 12.4. The van der Waals surface area contributed by atoms with E-state index in [2.05, 4.69) is 15.5 Å². The molecule has 0 spiro atoms. The van der Waals surface area contributed by atoms with E-state index in [0.29, 0.717) is 5.02 Å². The third kappa shape index (κ3) is 4.96. The summed E-state index contributed by atoms with van der Waals surface area (Å²) in [5.41, 5.74) is 1.73. The Morgan fingerprint density at radius 1 is 1.14 bits per heavy atom. The summed E-state index contributed by atoms with van der Waals surface area (Å²) in [6, 6.07) is 13.7. The lowest BCUT2D eigenvalue weighted by molar-refractivity contribution is 0.0907. The van der Waals surface area contributed by atoms with Crippen molar-refractivity contribution >= 4 is 27.3 Å². The fraction of sp³-hybridized carbons (Fsp3) is 0.211. The highest BCUT2D eigenvalue weighted by atomic mass is 35.5. The second kappa shape index (κ2) is 8.53. The van der Waals surface area contributed by atoms with Gasteiger partial charge in [-0.3, -0.25) is 4.79 Å². The molecule has 0 radical (unpaired) electrons. The van der Waals surface area contributed by atoms with E-state index in [1.807, 2.05) is 13.0 Å². The molecule has 0 saturated heterocycles. The maximum atomic E-state index is 12.4. The van der Waals surface area contributed by atoms with E-state index >= 15 is 0 Å². The van der Waals surface area contributed by atoms with Gasteiger partial charge in [-0.1, -0.05) is 52.7 Å². The summed E-state index contributed by atoms with van der Waals surface area (Å²) in [7, 11) is -3.47. The van der Waals surface area contributed by atoms with Crippen LogP contribution in [-0.2, 0) is 22.8 Å². The van der Waals surface area contributed by atoms with Gasteiger partial charge in [-0.05, 0) is 30.7 Å². The summed E-state index contributed by atoms with van der Waals surface area (Å²) in [6.07, 6.45) is 0.0392. The molecule has 0 atom stereocenters. The molecule has 1 heterocycles. The molecule has 1 amide bonds. The van der Waals surface area contributed by atoms with E-state index in [-0.39, 0.29) is 35.3 Å². The van der Waals surface area contributed by atoms with E-state index < -0.39 is 15.7 Å². The van der Waals surface area contributed by atoms with Gasteiger partial charge in [0.1, 0.15) is 0 Å². The average molecular weight is 420 g/mol. The van der Waals surface area contributed by atoms with Crippen molar-refractivity contribution in [1.29, 1.82) is 0 Å². The first kappa shape index (κ1) is 20.0. The molecule has 3 rings (SSSR count). The number of carbonyl (C=O) groups is 1. The van der Waals surface area contributed by atoms with Crippen molar-refractivity contribution in [2.75, 3.05) is 5.75 Å². The molecule has 0 aliphatic rings. The van der Waals surface area contributed by atoms with Crippen molar-refractivity contribution in [2.24, 2.45) is 0 Å². The maximum Gasteiger partial charge on any atom is 0.315 e. The number of hydrogen-bond acceptors (Lipinski definition) is 6. The predicted molar refractivity (Wildman–Crippen MR) is 104 cm³/mol. The lowest BCUT2D eigenvalue weighted by atomic mass is 10.2. The monoisotopic (exact) mass is 419 g/mol. The summed E-state index contributed by atoms with van der Waals surface area (Å²) in [6.45, 7) is 2.09. The highest BCUT2D eigenvalue weighted by Gasteiger charge is 2.19. The predicted octanol–water partition coefficient (Wildman–Crippen LogP) is 2.98. The van der Waals surface area contributed by atoms with Gasteiger partial charge in [-0.25, -0.2) is 8.42 Å². The highest BCUT2D eigenvalue weighted by Crippen LogP contribution is 2.15. The van der Waals surface area contributed by atoms with Crippen molar-refractivity contribution in [2.45, 2.75) is 24.8 Å². The van der Waals surface area contributed by atoms with Gasteiger partial charge in [0.2, 0.25) is 0 Å². The van der Waals surface area contributed by atoms with Crippen LogP contribution in [0.4, 0.5) is 0 Å². The number of amides is 1. The zero-order valence-electron chi connectivity index (χ0n) is 15.1. The Morgan fingerprint density at radius 3 is 2.57 bits per heavy atom. The Labute approximate surface area is 167 Å². The van der Waals surface area contributed by atoms with Crippen molar-refractivity contribution in [3.63, 3.8) is 0 Å². The first-order valence-corrected chi connectivity index (χ1v) is 10.5. The van der Waals surface area contributed by atoms with E-state index in [1.54, 1.807) is 42.5 Å². The quantitative estimate of drug-likeness (QED) is 0.631. The second-order valence-corrected chi connectivity index (χ2v) is 8.69. The zero-order chi connectivity index (χ0) is 20.1. The van der Waals surface area contributed by atoms with E-state index in [1.165, 1.54) is 0 Å². The fourth-order valence-corrected chi connectivity index (χ4v) is 3.87. The molecule has 146 valence electrons. The summed E-state index contributed by atoms with van der Waals surface area (Å²) in [4.78, 5) is 16.3. The minimum Gasteiger partial charge on any atom is -0.344 e. The molecule has 28 heavy (non-hydrogen) atoms. The summed E-state index contributed by atoms with van der Waals surface area (Å²) in [5, 5.41) is 6.86. The number of nitrogens with zero attached hydrogens (tertiary/aromatic N) is 2. The Bertz CT molecular complexity index is 1080. The van der Waals surface area contributed by atoms with Crippen LogP contribution < -0.4 is 5.32 Å². The molecule has 3 aromatic rings. The van der Waals surface area contributed by atoms with Crippen LogP contribution in [-0.4, -0.2) is 30.2 Å². The molecule has 0 aliphatic heterocycles. The Balaban J connectivity index is 1.58. The number of aryl methyl sites for hydroxylation is 2. The average Bonchev–Trinajstić information content (AvgIpc) is 3.15. The Morgan fingerprint density at radius 2 is 1.86 bits per heavy atom. The second-order valence-electron chi connectivity index (χ2n) is 6.17. The van der Waals surface area contributed by atoms with Crippen LogP contribution in [0.5, 0.6) is 0 Å². The molecule has 0 saturated carbocycles. The third-order valence-electron chi connectivity index (χ3n) is 4.03. The molecule has 0 bridgehead atoms. The normalized spacial score (nSPS) is 11.4. The van der Waals surface area contributed by atoms with Crippen LogP contribution in [0.1, 0.15) is 27.6 Å². The molecule has 1 N–H and O–H groups in total. The van der Waals surface area contributed by atoms with Gasteiger partial charge in [0.15, 0.2) is 15.7 Å². The Kier molecular flexibility index (Phi) is 6.11. The van der Waals surface area contributed by atoms with Gasteiger partial charge in [-0.2, -0.15) is 4.98 Å². The lowest BCUT2D eigenvalue weighted by Gasteiger charge is -2.04. The third-order valence-corrected chi connectivity index (χ3v) is 6.13. The number of aromatic nitrogens is 2. The van der Waals surface area contributed by atoms with Gasteiger partial charge in [-0.15, -0.1) is 0 Å². The molecule has 0 fully saturated rings. The van der Waals surface area contributed by atoms with Gasteiger partial charge in [0.25, 0.3) is 0 Å². The van der Waals surface area contributed by atoms with E-state index in [9.17, 15) is 13.2 Å². The minimum absolute atomic E-state index is 0.0392. The first-order valence-electron chi connectivity index (χ1n) is 8.49. The van der Waals surface area contributed by atoms with Gasteiger partial charge >= 0.3 is 11.8 Å². The molecule has 7 nitrogen and oxygen atoms in total. The van der Waals surface area contributed by atoms with Crippen LogP contribution in [0.2, 0.25) is 5.02 Å². The number of sulfone groups is 1. The number of nitrogens with one attached hydrogen (secondary N) is 1. The van der Waals surface area contributed by atoms with Crippen molar-refractivity contribution in [3.8, 4) is 0 Å². The number of benzene rings is 2. The molecule has 0 unspecified atom stereocenters. The zero-order valence-corrected chi connectivity index (χ0v) is 16.6. The molecule has 1 aromatic heterocycles. The molecular weight excluding hydrogens is 402 g/mol. The van der Waals surface area contributed by atoms with Crippen LogP contribution in [0.15, 0.2) is 57.9 Å².